The van der Waals surface area contributed by atoms with Crippen molar-refractivity contribution in [3.63, 3.8) is 0 Å². The summed E-state index contributed by atoms with van der Waals surface area (Å²) in [6.45, 7) is 1.82. The Kier molecular flexibility index (Phi) is 1.51. The minimum atomic E-state index is -1.09. The molecule has 1 aliphatic rings. The second kappa shape index (κ2) is 2.35. The van der Waals surface area contributed by atoms with Gasteiger partial charge in [0.25, 0.3) is 0 Å². The normalized spacial score (nSPS) is 31.7. The molecule has 1 fully saturated rings. The summed E-state index contributed by atoms with van der Waals surface area (Å²) in [7, 11) is 0. The number of nitrogens with two attached hydrogens (primary N) is 1. The van der Waals surface area contributed by atoms with Gasteiger partial charge in [-0.15, -0.1) is 0 Å². The summed E-state index contributed by atoms with van der Waals surface area (Å²) >= 11 is 0. The highest BCUT2D eigenvalue weighted by Crippen LogP contribution is 2.49. The van der Waals surface area contributed by atoms with Crippen LogP contribution in [0.25, 0.3) is 0 Å². The van der Waals surface area contributed by atoms with Crippen LogP contribution in [-0.2, 0) is 4.79 Å². The third kappa shape index (κ3) is 1.14. The van der Waals surface area contributed by atoms with Crippen LogP contribution in [0.2, 0.25) is 0 Å². The van der Waals surface area contributed by atoms with Gasteiger partial charge in [-0.3, -0.25) is 4.79 Å². The smallest absolute Gasteiger partial charge is 0.324 e. The molecule has 4 heteroatoms. The van der Waals surface area contributed by atoms with Crippen molar-refractivity contribution in [3.8, 4) is 0 Å². The summed E-state index contributed by atoms with van der Waals surface area (Å²) in [6.07, 6.45) is 0.468. The van der Waals surface area contributed by atoms with E-state index in [1.165, 1.54) is 0 Å². The number of aryl methyl sites for hydroxylation is 1. The highest BCUT2D eigenvalue weighted by atomic mass is 16.4. The molecule has 1 aromatic heterocycles. The summed E-state index contributed by atoms with van der Waals surface area (Å²) in [5, 5.41) is 8.78. The minimum Gasteiger partial charge on any atom is -0.480 e. The van der Waals surface area contributed by atoms with Crippen molar-refractivity contribution in [3.05, 3.63) is 23.7 Å². The fourth-order valence-corrected chi connectivity index (χ4v) is 1.51. The lowest BCUT2D eigenvalue weighted by Gasteiger charge is -2.01. The molecule has 0 radical (unpaired) electrons. The van der Waals surface area contributed by atoms with E-state index in [0.717, 1.165) is 5.76 Å². The fourth-order valence-electron chi connectivity index (χ4n) is 1.51. The van der Waals surface area contributed by atoms with Crippen LogP contribution < -0.4 is 5.73 Å². The van der Waals surface area contributed by atoms with Crippen molar-refractivity contribution in [2.24, 2.45) is 5.73 Å². The van der Waals surface area contributed by atoms with Crippen molar-refractivity contribution in [1.29, 1.82) is 0 Å². The van der Waals surface area contributed by atoms with Crippen LogP contribution in [0, 0.1) is 6.92 Å². The number of aliphatic carboxylic acids is 1. The van der Waals surface area contributed by atoms with E-state index in [1.54, 1.807) is 6.07 Å². The summed E-state index contributed by atoms with van der Waals surface area (Å²) in [6, 6.07) is 3.60. The molecule has 1 aliphatic carbocycles. The number of carbonyl (C=O) groups is 1. The summed E-state index contributed by atoms with van der Waals surface area (Å²) in [4.78, 5) is 10.7. The van der Waals surface area contributed by atoms with Crippen LogP contribution in [0.15, 0.2) is 16.5 Å². The highest BCUT2D eigenvalue weighted by molar-refractivity contribution is 5.84. The maximum atomic E-state index is 10.7. The van der Waals surface area contributed by atoms with Crippen LogP contribution in [0.3, 0.4) is 0 Å². The zero-order valence-corrected chi connectivity index (χ0v) is 7.28. The molecular weight excluding hydrogens is 170 g/mol. The lowest BCUT2D eigenvalue weighted by atomic mass is 10.2. The Morgan fingerprint density at radius 3 is 2.85 bits per heavy atom. The second-order valence-corrected chi connectivity index (χ2v) is 3.55. The van der Waals surface area contributed by atoms with Gasteiger partial charge in [0.15, 0.2) is 0 Å². The number of carboxylic acid groups (broad SMARTS) is 1. The van der Waals surface area contributed by atoms with Gasteiger partial charge in [-0.2, -0.15) is 0 Å². The summed E-state index contributed by atoms with van der Waals surface area (Å²) in [5.74, 6) is 0.363. The van der Waals surface area contributed by atoms with Crippen LogP contribution in [-0.4, -0.2) is 16.6 Å². The highest BCUT2D eigenvalue weighted by Gasteiger charge is 2.59. The SMILES string of the molecule is Cc1ccc([C@H]2C[C@@]2(N)C(=O)O)o1. The van der Waals surface area contributed by atoms with Crippen molar-refractivity contribution in [2.75, 3.05) is 0 Å². The zero-order valence-electron chi connectivity index (χ0n) is 7.28. The number of hydrogen-bond donors (Lipinski definition) is 2. The Balaban J connectivity index is 2.20. The van der Waals surface area contributed by atoms with Crippen molar-refractivity contribution in [1.82, 2.24) is 0 Å². The Morgan fingerprint density at radius 2 is 2.46 bits per heavy atom. The molecule has 1 aromatic rings. The molecule has 0 amide bonds. The van der Waals surface area contributed by atoms with Gasteiger partial charge in [0.1, 0.15) is 17.1 Å². The molecule has 1 heterocycles. The molecule has 0 aromatic carbocycles. The zero-order chi connectivity index (χ0) is 9.64. The lowest BCUT2D eigenvalue weighted by Crippen LogP contribution is -2.34. The predicted molar refractivity (Wildman–Crippen MR) is 45.4 cm³/mol. The monoisotopic (exact) mass is 181 g/mol. The van der Waals surface area contributed by atoms with Crippen LogP contribution in [0.1, 0.15) is 23.9 Å². The lowest BCUT2D eigenvalue weighted by molar-refractivity contribution is -0.139. The van der Waals surface area contributed by atoms with Gasteiger partial charge in [0.05, 0.1) is 0 Å². The molecule has 1 saturated carbocycles. The first-order valence-electron chi connectivity index (χ1n) is 4.12. The van der Waals surface area contributed by atoms with E-state index in [1.807, 2.05) is 13.0 Å². The fraction of sp³-hybridized carbons (Fsp3) is 0.444. The summed E-state index contributed by atoms with van der Waals surface area (Å²) < 4.78 is 5.31. The predicted octanol–water partition coefficient (Wildman–Crippen LogP) is 0.857. The molecule has 3 N–H and O–H groups in total. The standard InChI is InChI=1S/C9H11NO3/c1-5-2-3-7(13-5)6-4-9(6,10)8(11)12/h2-3,6H,4,10H2,1H3,(H,11,12)/t6-,9+/m1/s1. The maximum Gasteiger partial charge on any atom is 0.324 e. The average molecular weight is 181 g/mol. The third-order valence-corrected chi connectivity index (χ3v) is 2.51. The van der Waals surface area contributed by atoms with E-state index in [4.69, 9.17) is 15.3 Å². The second-order valence-electron chi connectivity index (χ2n) is 3.55. The number of rotatable bonds is 2. The molecular formula is C9H11NO3. The minimum absolute atomic E-state index is 0.154. The summed E-state index contributed by atoms with van der Waals surface area (Å²) in [5.41, 5.74) is 4.52. The van der Waals surface area contributed by atoms with Crippen molar-refractivity contribution in [2.45, 2.75) is 24.8 Å². The molecule has 13 heavy (non-hydrogen) atoms. The first kappa shape index (κ1) is 8.31. The van der Waals surface area contributed by atoms with Crippen LogP contribution in [0.4, 0.5) is 0 Å². The van der Waals surface area contributed by atoms with Gasteiger partial charge >= 0.3 is 5.97 Å². The van der Waals surface area contributed by atoms with Gasteiger partial charge in [0.2, 0.25) is 0 Å². The Morgan fingerprint density at radius 1 is 1.77 bits per heavy atom. The van der Waals surface area contributed by atoms with Gasteiger partial charge in [-0.25, -0.2) is 0 Å². The number of hydrogen-bond acceptors (Lipinski definition) is 3. The third-order valence-electron chi connectivity index (χ3n) is 2.51. The van der Waals surface area contributed by atoms with Crippen LogP contribution >= 0.6 is 0 Å². The molecule has 0 saturated heterocycles. The largest absolute Gasteiger partial charge is 0.480 e. The average Bonchev–Trinajstić information content (AvgIpc) is 2.55. The van der Waals surface area contributed by atoms with E-state index in [9.17, 15) is 4.79 Å². The van der Waals surface area contributed by atoms with Gasteiger partial charge < -0.3 is 15.3 Å². The molecule has 2 atom stereocenters. The van der Waals surface area contributed by atoms with E-state index in [-0.39, 0.29) is 5.92 Å². The quantitative estimate of drug-likeness (QED) is 0.709. The van der Waals surface area contributed by atoms with Crippen molar-refractivity contribution < 1.29 is 14.3 Å². The molecule has 70 valence electrons. The topological polar surface area (TPSA) is 76.5 Å². The Bertz CT molecular complexity index is 357. The molecule has 0 unspecified atom stereocenters. The van der Waals surface area contributed by atoms with Gasteiger partial charge in [-0.1, -0.05) is 0 Å². The molecule has 0 aliphatic heterocycles. The first-order chi connectivity index (χ1) is 6.04. The Labute approximate surface area is 75.3 Å². The molecule has 4 nitrogen and oxygen atoms in total. The van der Waals surface area contributed by atoms with E-state index in [2.05, 4.69) is 0 Å². The molecule has 2 rings (SSSR count). The molecule has 0 bridgehead atoms. The number of carboxylic acids is 1. The first-order valence-corrected chi connectivity index (χ1v) is 4.12. The van der Waals surface area contributed by atoms with Crippen molar-refractivity contribution >= 4 is 5.97 Å². The van der Waals surface area contributed by atoms with E-state index >= 15 is 0 Å². The Hall–Kier alpha value is -1.29. The number of furan rings is 1. The molecule has 0 spiro atoms. The van der Waals surface area contributed by atoms with Gasteiger partial charge in [0, 0.05) is 5.92 Å². The maximum absolute atomic E-state index is 10.7. The van der Waals surface area contributed by atoms with Crippen LogP contribution in [0.5, 0.6) is 0 Å². The van der Waals surface area contributed by atoms with E-state index in [0.29, 0.717) is 12.2 Å². The van der Waals surface area contributed by atoms with Gasteiger partial charge in [-0.05, 0) is 25.5 Å². The van der Waals surface area contributed by atoms with E-state index < -0.39 is 11.5 Å².